The lowest BCUT2D eigenvalue weighted by atomic mass is 9.99. The normalized spacial score (nSPS) is 13.8. The van der Waals surface area contributed by atoms with Gasteiger partial charge in [-0.3, -0.25) is 4.79 Å². The van der Waals surface area contributed by atoms with E-state index >= 15 is 0 Å². The molecule has 0 unspecified atom stereocenters. The van der Waals surface area contributed by atoms with Gasteiger partial charge in [-0.1, -0.05) is 30.3 Å². The first-order valence-corrected chi connectivity index (χ1v) is 9.16. The first-order valence-electron chi connectivity index (χ1n) is 8.34. The lowest BCUT2D eigenvalue weighted by Crippen LogP contribution is -2.32. The number of aryl methyl sites for hydroxylation is 2. The number of thiophene rings is 1. The molecular formula is C19H24N2OS. The number of nitrogens with zero attached hydrogens (tertiary/aromatic N) is 1. The highest BCUT2D eigenvalue weighted by atomic mass is 32.1. The van der Waals surface area contributed by atoms with Gasteiger partial charge in [0.15, 0.2) is 0 Å². The minimum atomic E-state index is 0.0810. The maximum atomic E-state index is 12.3. The summed E-state index contributed by atoms with van der Waals surface area (Å²) in [6.45, 7) is 2.44. The topological polar surface area (TPSA) is 32.3 Å². The fourth-order valence-electron chi connectivity index (χ4n) is 3.02. The molecule has 1 heterocycles. The van der Waals surface area contributed by atoms with Gasteiger partial charge >= 0.3 is 0 Å². The Kier molecular flexibility index (Phi) is 5.47. The predicted molar refractivity (Wildman–Crippen MR) is 96.1 cm³/mol. The summed E-state index contributed by atoms with van der Waals surface area (Å²) < 4.78 is 0. The minimum Gasteiger partial charge on any atom is -0.350 e. The van der Waals surface area contributed by atoms with Crippen molar-refractivity contribution in [2.24, 2.45) is 0 Å². The maximum Gasteiger partial charge on any atom is 0.261 e. The maximum absolute atomic E-state index is 12.3. The third-order valence-electron chi connectivity index (χ3n) is 4.29. The fraction of sp³-hybridized carbons (Fsp3) is 0.421. The highest BCUT2D eigenvalue weighted by molar-refractivity contribution is 7.14. The van der Waals surface area contributed by atoms with E-state index in [1.54, 1.807) is 11.3 Å². The van der Waals surface area contributed by atoms with Gasteiger partial charge in [0, 0.05) is 24.5 Å². The van der Waals surface area contributed by atoms with Crippen LogP contribution in [0.15, 0.2) is 36.4 Å². The van der Waals surface area contributed by atoms with Crippen LogP contribution in [0.2, 0.25) is 0 Å². The van der Waals surface area contributed by atoms with E-state index in [2.05, 4.69) is 47.6 Å². The largest absolute Gasteiger partial charge is 0.350 e. The lowest BCUT2D eigenvalue weighted by molar-refractivity contribution is 0.0953. The third-order valence-corrected chi connectivity index (χ3v) is 5.53. The van der Waals surface area contributed by atoms with Crippen LogP contribution in [0.4, 0.5) is 0 Å². The number of likely N-dealkylation sites (N-methyl/N-ethyl adjacent to an activating group) is 1. The van der Waals surface area contributed by atoms with E-state index in [9.17, 15) is 4.79 Å². The van der Waals surface area contributed by atoms with Crippen LogP contribution in [-0.2, 0) is 19.4 Å². The second-order valence-electron chi connectivity index (χ2n) is 6.25. The molecule has 3 nitrogen and oxygen atoms in total. The van der Waals surface area contributed by atoms with Crippen molar-refractivity contribution in [1.82, 2.24) is 10.2 Å². The smallest absolute Gasteiger partial charge is 0.261 e. The molecule has 1 aromatic carbocycles. The number of rotatable bonds is 6. The standard InChI is InChI=1S/C19H24N2OS/c1-21(14-15-7-3-2-4-8-15)12-11-20-19(22)18-13-16-9-5-6-10-17(16)23-18/h2-4,7-8,13H,5-6,9-12,14H2,1H3,(H,20,22). The highest BCUT2D eigenvalue weighted by Crippen LogP contribution is 2.29. The van der Waals surface area contributed by atoms with Crippen molar-refractivity contribution in [2.45, 2.75) is 32.2 Å². The molecule has 1 N–H and O–H groups in total. The summed E-state index contributed by atoms with van der Waals surface area (Å²) >= 11 is 1.68. The number of carbonyl (C=O) groups is 1. The molecule has 0 bridgehead atoms. The van der Waals surface area contributed by atoms with Crippen molar-refractivity contribution in [3.8, 4) is 0 Å². The molecule has 0 saturated carbocycles. The minimum absolute atomic E-state index is 0.0810. The molecule has 0 radical (unpaired) electrons. The first kappa shape index (κ1) is 16.2. The van der Waals surface area contributed by atoms with E-state index in [1.165, 1.54) is 28.8 Å². The van der Waals surface area contributed by atoms with Crippen LogP contribution in [0.5, 0.6) is 0 Å². The third kappa shape index (κ3) is 4.43. The highest BCUT2D eigenvalue weighted by Gasteiger charge is 2.16. The van der Waals surface area contributed by atoms with Gasteiger partial charge in [0.1, 0.15) is 0 Å². The molecule has 0 saturated heterocycles. The second kappa shape index (κ2) is 7.75. The summed E-state index contributed by atoms with van der Waals surface area (Å²) in [6.07, 6.45) is 4.81. The Morgan fingerprint density at radius 3 is 2.78 bits per heavy atom. The summed E-state index contributed by atoms with van der Waals surface area (Å²) in [5.41, 5.74) is 2.69. The lowest BCUT2D eigenvalue weighted by Gasteiger charge is -2.16. The number of amides is 1. The Labute approximate surface area is 142 Å². The molecule has 1 aromatic heterocycles. The second-order valence-corrected chi connectivity index (χ2v) is 7.38. The van der Waals surface area contributed by atoms with Gasteiger partial charge < -0.3 is 10.2 Å². The average Bonchev–Trinajstić information content (AvgIpc) is 3.00. The number of hydrogen-bond acceptors (Lipinski definition) is 3. The molecule has 1 aliphatic carbocycles. The van der Waals surface area contributed by atoms with Crippen molar-refractivity contribution in [2.75, 3.05) is 20.1 Å². The van der Waals surface area contributed by atoms with E-state index in [1.807, 2.05) is 6.07 Å². The SMILES string of the molecule is CN(CCNC(=O)c1cc2c(s1)CCCC2)Cc1ccccc1. The molecule has 0 fully saturated rings. The van der Waals surface area contributed by atoms with E-state index in [-0.39, 0.29) is 5.91 Å². The summed E-state index contributed by atoms with van der Waals surface area (Å²) in [7, 11) is 2.09. The van der Waals surface area contributed by atoms with E-state index in [4.69, 9.17) is 0 Å². The van der Waals surface area contributed by atoms with Crippen LogP contribution in [-0.4, -0.2) is 30.9 Å². The first-order chi connectivity index (χ1) is 11.2. The molecule has 0 spiro atoms. The molecule has 2 aromatic rings. The van der Waals surface area contributed by atoms with Gasteiger partial charge in [0.2, 0.25) is 0 Å². The van der Waals surface area contributed by atoms with Crippen LogP contribution in [0.3, 0.4) is 0 Å². The molecule has 1 amide bonds. The van der Waals surface area contributed by atoms with E-state index < -0.39 is 0 Å². The average molecular weight is 328 g/mol. The van der Waals surface area contributed by atoms with Crippen molar-refractivity contribution >= 4 is 17.2 Å². The summed E-state index contributed by atoms with van der Waals surface area (Å²) in [6, 6.07) is 12.5. The quantitative estimate of drug-likeness (QED) is 0.880. The molecule has 0 atom stereocenters. The number of hydrogen-bond donors (Lipinski definition) is 1. The number of nitrogens with one attached hydrogen (secondary N) is 1. The summed E-state index contributed by atoms with van der Waals surface area (Å²) in [5, 5.41) is 3.05. The van der Waals surface area contributed by atoms with Crippen molar-refractivity contribution in [1.29, 1.82) is 0 Å². The molecule has 0 aliphatic heterocycles. The number of fused-ring (bicyclic) bond motifs is 1. The number of benzene rings is 1. The number of carbonyl (C=O) groups excluding carboxylic acids is 1. The van der Waals surface area contributed by atoms with Gasteiger partial charge in [0.25, 0.3) is 5.91 Å². The molecule has 1 aliphatic rings. The Balaban J connectivity index is 1.45. The Bertz CT molecular complexity index is 627. The molecular weight excluding hydrogens is 304 g/mol. The summed E-state index contributed by atoms with van der Waals surface area (Å²) in [4.78, 5) is 16.8. The van der Waals surface area contributed by atoms with Gasteiger partial charge in [-0.25, -0.2) is 0 Å². The van der Waals surface area contributed by atoms with Crippen molar-refractivity contribution in [3.05, 3.63) is 57.3 Å². The predicted octanol–water partition coefficient (Wildman–Crippen LogP) is 3.49. The monoisotopic (exact) mass is 328 g/mol. The molecule has 3 rings (SSSR count). The van der Waals surface area contributed by atoms with Crippen LogP contribution >= 0.6 is 11.3 Å². The van der Waals surface area contributed by atoms with E-state index in [0.717, 1.165) is 30.8 Å². The fourth-order valence-corrected chi connectivity index (χ4v) is 4.19. The Hall–Kier alpha value is -1.65. The zero-order valence-electron chi connectivity index (χ0n) is 13.7. The van der Waals surface area contributed by atoms with Crippen LogP contribution in [0.1, 0.15) is 38.5 Å². The van der Waals surface area contributed by atoms with Crippen LogP contribution < -0.4 is 5.32 Å². The summed E-state index contributed by atoms with van der Waals surface area (Å²) in [5.74, 6) is 0.0810. The van der Waals surface area contributed by atoms with Crippen LogP contribution in [0.25, 0.3) is 0 Å². The van der Waals surface area contributed by atoms with Crippen molar-refractivity contribution < 1.29 is 4.79 Å². The van der Waals surface area contributed by atoms with Gasteiger partial charge in [-0.15, -0.1) is 11.3 Å². The Morgan fingerprint density at radius 2 is 2.00 bits per heavy atom. The van der Waals surface area contributed by atoms with Gasteiger partial charge in [0.05, 0.1) is 4.88 Å². The van der Waals surface area contributed by atoms with Crippen molar-refractivity contribution in [3.63, 3.8) is 0 Å². The molecule has 23 heavy (non-hydrogen) atoms. The molecule has 122 valence electrons. The van der Waals surface area contributed by atoms with Gasteiger partial charge in [-0.2, -0.15) is 0 Å². The van der Waals surface area contributed by atoms with Crippen LogP contribution in [0, 0.1) is 0 Å². The van der Waals surface area contributed by atoms with Gasteiger partial charge in [-0.05, 0) is 49.9 Å². The Morgan fingerprint density at radius 1 is 1.22 bits per heavy atom. The zero-order valence-corrected chi connectivity index (χ0v) is 14.5. The molecule has 4 heteroatoms. The van der Waals surface area contributed by atoms with E-state index in [0.29, 0.717) is 6.54 Å². The zero-order chi connectivity index (χ0) is 16.1.